The van der Waals surface area contributed by atoms with Gasteiger partial charge >= 0.3 is 0 Å². The molecule has 0 aromatic heterocycles. The second kappa shape index (κ2) is 8.92. The molecule has 0 aliphatic rings. The molecule has 0 aliphatic heterocycles. The Morgan fingerprint density at radius 1 is 0.607 bits per heavy atom. The summed E-state index contributed by atoms with van der Waals surface area (Å²) >= 11 is 0. The van der Waals surface area contributed by atoms with Gasteiger partial charge in [0.05, 0.1) is 0 Å². The average Bonchev–Trinajstić information content (AvgIpc) is 2.71. The van der Waals surface area contributed by atoms with Crippen LogP contribution >= 0.6 is 0 Å². The molecule has 0 radical (unpaired) electrons. The summed E-state index contributed by atoms with van der Waals surface area (Å²) in [5, 5.41) is 0. The van der Waals surface area contributed by atoms with Gasteiger partial charge in [-0.3, -0.25) is 9.59 Å². The van der Waals surface area contributed by atoms with Crippen LogP contribution < -0.4 is 0 Å². The molecule has 3 aromatic carbocycles. The molecule has 138 valence electrons. The second-order valence-corrected chi connectivity index (χ2v) is 6.80. The summed E-state index contributed by atoms with van der Waals surface area (Å²) in [5.74, 6) is -0.0639. The Bertz CT molecular complexity index is 954. The van der Waals surface area contributed by atoms with Gasteiger partial charge in [0.25, 0.3) is 0 Å². The van der Waals surface area contributed by atoms with Crippen LogP contribution in [0.25, 0.3) is 12.2 Å². The summed E-state index contributed by atoms with van der Waals surface area (Å²) in [4.78, 5) is 24.5. The van der Waals surface area contributed by atoms with E-state index in [9.17, 15) is 9.59 Å². The van der Waals surface area contributed by atoms with E-state index in [2.05, 4.69) is 0 Å². The van der Waals surface area contributed by atoms with Gasteiger partial charge in [0.2, 0.25) is 0 Å². The van der Waals surface area contributed by atoms with Crippen molar-refractivity contribution in [3.63, 3.8) is 0 Å². The van der Waals surface area contributed by atoms with Gasteiger partial charge in [0.1, 0.15) is 0 Å². The van der Waals surface area contributed by atoms with Gasteiger partial charge in [0.15, 0.2) is 11.6 Å². The van der Waals surface area contributed by atoms with E-state index in [4.69, 9.17) is 0 Å². The normalized spacial score (nSPS) is 11.2. The van der Waals surface area contributed by atoms with Crippen molar-refractivity contribution < 1.29 is 9.59 Å². The minimum atomic E-state index is -0.0320. The molecule has 0 saturated carbocycles. The first-order valence-electron chi connectivity index (χ1n) is 9.19. The standard InChI is InChI=1S/C26H22O2/c1-19-6-12-23(13-7-19)25(27)16-10-21-4-3-5-22(18-21)11-17-26(28)24-14-8-20(2)9-15-24/h3-18H,1-2H3. The first-order chi connectivity index (χ1) is 13.5. The number of hydrogen-bond donors (Lipinski definition) is 0. The van der Waals surface area contributed by atoms with E-state index in [0.717, 1.165) is 22.3 Å². The van der Waals surface area contributed by atoms with Crippen LogP contribution in [0, 0.1) is 13.8 Å². The van der Waals surface area contributed by atoms with Crippen molar-refractivity contribution in [2.45, 2.75) is 13.8 Å². The lowest BCUT2D eigenvalue weighted by molar-refractivity contribution is 0.103. The van der Waals surface area contributed by atoms with Crippen LogP contribution in [0.4, 0.5) is 0 Å². The Morgan fingerprint density at radius 3 is 1.39 bits per heavy atom. The summed E-state index contributed by atoms with van der Waals surface area (Å²) < 4.78 is 0. The van der Waals surface area contributed by atoms with Crippen molar-refractivity contribution in [3.8, 4) is 0 Å². The maximum absolute atomic E-state index is 12.3. The predicted octanol–water partition coefficient (Wildman–Crippen LogP) is 6.10. The van der Waals surface area contributed by atoms with Gasteiger partial charge in [-0.15, -0.1) is 0 Å². The topological polar surface area (TPSA) is 34.1 Å². The molecule has 2 heteroatoms. The first-order valence-corrected chi connectivity index (χ1v) is 9.19. The number of allylic oxidation sites excluding steroid dienone is 2. The number of aryl methyl sites for hydroxylation is 2. The largest absolute Gasteiger partial charge is 0.289 e. The number of benzene rings is 3. The fourth-order valence-corrected chi connectivity index (χ4v) is 2.74. The molecule has 0 unspecified atom stereocenters. The van der Waals surface area contributed by atoms with Crippen molar-refractivity contribution in [3.05, 3.63) is 118 Å². The van der Waals surface area contributed by atoms with Crippen LogP contribution in [0.1, 0.15) is 43.0 Å². The second-order valence-electron chi connectivity index (χ2n) is 6.80. The SMILES string of the molecule is Cc1ccc(C(=O)C=Cc2cccc(C=CC(=O)c3ccc(C)cc3)c2)cc1. The van der Waals surface area contributed by atoms with E-state index >= 15 is 0 Å². The third-order valence-electron chi connectivity index (χ3n) is 4.44. The molecule has 0 heterocycles. The maximum Gasteiger partial charge on any atom is 0.185 e. The quantitative estimate of drug-likeness (QED) is 0.390. The molecule has 0 spiro atoms. The third-order valence-corrected chi connectivity index (χ3v) is 4.44. The van der Waals surface area contributed by atoms with E-state index in [1.165, 1.54) is 0 Å². The van der Waals surface area contributed by atoms with Crippen molar-refractivity contribution in [1.82, 2.24) is 0 Å². The van der Waals surface area contributed by atoms with E-state index in [1.54, 1.807) is 24.3 Å². The highest BCUT2D eigenvalue weighted by Gasteiger charge is 2.02. The number of rotatable bonds is 6. The van der Waals surface area contributed by atoms with Crippen LogP contribution in [0.3, 0.4) is 0 Å². The molecular formula is C26H22O2. The predicted molar refractivity (Wildman–Crippen MR) is 116 cm³/mol. The molecule has 28 heavy (non-hydrogen) atoms. The number of carbonyl (C=O) groups excluding carboxylic acids is 2. The lowest BCUT2D eigenvalue weighted by Gasteiger charge is -1.99. The highest BCUT2D eigenvalue weighted by molar-refractivity contribution is 6.07. The van der Waals surface area contributed by atoms with Crippen LogP contribution in [-0.2, 0) is 0 Å². The van der Waals surface area contributed by atoms with E-state index in [0.29, 0.717) is 11.1 Å². The molecule has 0 fully saturated rings. The minimum absolute atomic E-state index is 0.0320. The van der Waals surface area contributed by atoms with Gasteiger partial charge in [-0.25, -0.2) is 0 Å². The van der Waals surface area contributed by atoms with E-state index < -0.39 is 0 Å². The van der Waals surface area contributed by atoms with Gasteiger partial charge in [-0.2, -0.15) is 0 Å². The van der Waals surface area contributed by atoms with Crippen molar-refractivity contribution in [2.75, 3.05) is 0 Å². The third kappa shape index (κ3) is 5.24. The lowest BCUT2D eigenvalue weighted by Crippen LogP contribution is -1.94. The minimum Gasteiger partial charge on any atom is -0.289 e. The maximum atomic E-state index is 12.3. The molecule has 3 aromatic rings. The Labute approximate surface area is 165 Å². The van der Waals surface area contributed by atoms with Gasteiger partial charge in [-0.1, -0.05) is 90.0 Å². The number of hydrogen-bond acceptors (Lipinski definition) is 2. The summed E-state index contributed by atoms with van der Waals surface area (Å²) in [6, 6.07) is 22.7. The molecule has 3 rings (SSSR count). The van der Waals surface area contributed by atoms with Crippen LogP contribution in [0.2, 0.25) is 0 Å². The molecule has 0 amide bonds. The van der Waals surface area contributed by atoms with Crippen LogP contribution in [-0.4, -0.2) is 11.6 Å². The van der Waals surface area contributed by atoms with Crippen LogP contribution in [0.15, 0.2) is 84.9 Å². The molecule has 0 aliphatic carbocycles. The number of carbonyl (C=O) groups is 2. The Balaban J connectivity index is 1.69. The molecule has 0 bridgehead atoms. The highest BCUT2D eigenvalue weighted by atomic mass is 16.1. The smallest absolute Gasteiger partial charge is 0.185 e. The zero-order valence-corrected chi connectivity index (χ0v) is 16.1. The number of ketones is 2. The zero-order chi connectivity index (χ0) is 19.9. The van der Waals surface area contributed by atoms with Gasteiger partial charge < -0.3 is 0 Å². The van der Waals surface area contributed by atoms with E-state index in [1.807, 2.05) is 86.6 Å². The molecule has 0 saturated heterocycles. The molecule has 0 atom stereocenters. The first kappa shape index (κ1) is 19.2. The zero-order valence-electron chi connectivity index (χ0n) is 16.1. The van der Waals surface area contributed by atoms with Gasteiger partial charge in [-0.05, 0) is 43.2 Å². The van der Waals surface area contributed by atoms with E-state index in [-0.39, 0.29) is 11.6 Å². The van der Waals surface area contributed by atoms with Crippen molar-refractivity contribution in [1.29, 1.82) is 0 Å². The van der Waals surface area contributed by atoms with Crippen molar-refractivity contribution >= 4 is 23.7 Å². The molecule has 2 nitrogen and oxygen atoms in total. The van der Waals surface area contributed by atoms with Gasteiger partial charge in [0, 0.05) is 11.1 Å². The molecular weight excluding hydrogens is 344 g/mol. The summed E-state index contributed by atoms with van der Waals surface area (Å²) in [7, 11) is 0. The highest BCUT2D eigenvalue weighted by Crippen LogP contribution is 2.12. The van der Waals surface area contributed by atoms with Crippen LogP contribution in [0.5, 0.6) is 0 Å². The summed E-state index contributed by atoms with van der Waals surface area (Å²) in [6.07, 6.45) is 6.73. The van der Waals surface area contributed by atoms with Crippen molar-refractivity contribution in [2.24, 2.45) is 0 Å². The Hall–Kier alpha value is -3.52. The fraction of sp³-hybridized carbons (Fsp3) is 0.0769. The summed E-state index contributed by atoms with van der Waals surface area (Å²) in [6.45, 7) is 3.99. The monoisotopic (exact) mass is 366 g/mol. The fourth-order valence-electron chi connectivity index (χ4n) is 2.74. The Kier molecular flexibility index (Phi) is 6.13. The molecule has 0 N–H and O–H groups in total. The average molecular weight is 366 g/mol. The Morgan fingerprint density at radius 2 is 1.00 bits per heavy atom. The lowest BCUT2D eigenvalue weighted by atomic mass is 10.0. The summed E-state index contributed by atoms with van der Waals surface area (Å²) in [5.41, 5.74) is 5.40.